The smallest absolute Gasteiger partial charge is 0.274 e. The van der Waals surface area contributed by atoms with Crippen LogP contribution < -0.4 is 5.73 Å². The summed E-state index contributed by atoms with van der Waals surface area (Å²) in [6, 6.07) is 2.87. The Morgan fingerprint density at radius 3 is 2.58 bits per heavy atom. The number of aliphatic hydroxyl groups is 1. The lowest BCUT2D eigenvalue weighted by Gasteiger charge is -2.24. The normalized spacial score (nSPS) is 19.3. The number of aliphatic hydroxyl groups excluding tert-OH is 1. The number of rotatable bonds is 4. The summed E-state index contributed by atoms with van der Waals surface area (Å²) in [5.74, 6) is -0.00775. The van der Waals surface area contributed by atoms with Crippen LogP contribution in [0, 0.1) is 16.0 Å². The lowest BCUT2D eigenvalue weighted by atomic mass is 9.90. The summed E-state index contributed by atoms with van der Waals surface area (Å²) in [4.78, 5) is 10.4. The van der Waals surface area contributed by atoms with E-state index in [1.807, 2.05) is 0 Å². The van der Waals surface area contributed by atoms with Gasteiger partial charge in [0, 0.05) is 6.07 Å². The molecule has 1 saturated carbocycles. The van der Waals surface area contributed by atoms with Gasteiger partial charge < -0.3 is 15.9 Å². The summed E-state index contributed by atoms with van der Waals surface area (Å²) in [7, 11) is 0. The fraction of sp³-hybridized carbons (Fsp3) is 0.538. The minimum absolute atomic E-state index is 0.0805. The average molecular weight is 266 g/mol. The highest BCUT2D eigenvalue weighted by molar-refractivity contribution is 5.47. The first-order valence-corrected chi connectivity index (χ1v) is 6.41. The van der Waals surface area contributed by atoms with E-state index in [0.29, 0.717) is 0 Å². The van der Waals surface area contributed by atoms with Crippen LogP contribution in [0.1, 0.15) is 37.3 Å². The SMILES string of the molecule is N[C@H](c1cc(O)ccc1[N+](=O)[O-])[C@@H](O)C1CCCC1. The van der Waals surface area contributed by atoms with Gasteiger partial charge in [0.15, 0.2) is 0 Å². The summed E-state index contributed by atoms with van der Waals surface area (Å²) < 4.78 is 0. The monoisotopic (exact) mass is 266 g/mol. The number of hydrogen-bond acceptors (Lipinski definition) is 5. The largest absolute Gasteiger partial charge is 0.508 e. The molecule has 0 saturated heterocycles. The van der Waals surface area contributed by atoms with E-state index in [1.165, 1.54) is 18.2 Å². The molecule has 1 aliphatic rings. The van der Waals surface area contributed by atoms with E-state index in [0.717, 1.165) is 25.7 Å². The molecule has 0 aliphatic heterocycles. The van der Waals surface area contributed by atoms with Crippen molar-refractivity contribution in [3.8, 4) is 5.75 Å². The highest BCUT2D eigenvalue weighted by atomic mass is 16.6. The fourth-order valence-electron chi connectivity index (χ4n) is 2.75. The van der Waals surface area contributed by atoms with Crippen LogP contribution in [0.5, 0.6) is 5.75 Å². The Morgan fingerprint density at radius 2 is 2.00 bits per heavy atom. The van der Waals surface area contributed by atoms with Gasteiger partial charge in [0.1, 0.15) is 5.75 Å². The van der Waals surface area contributed by atoms with Crippen molar-refractivity contribution >= 4 is 5.69 Å². The first-order valence-electron chi connectivity index (χ1n) is 6.41. The van der Waals surface area contributed by atoms with Gasteiger partial charge in [-0.05, 0) is 30.9 Å². The molecule has 2 atom stereocenters. The maximum Gasteiger partial charge on any atom is 0.274 e. The van der Waals surface area contributed by atoms with Crippen LogP contribution >= 0.6 is 0 Å². The fourth-order valence-corrected chi connectivity index (χ4v) is 2.75. The van der Waals surface area contributed by atoms with Gasteiger partial charge in [-0.15, -0.1) is 0 Å². The van der Waals surface area contributed by atoms with E-state index in [4.69, 9.17) is 5.73 Å². The van der Waals surface area contributed by atoms with Gasteiger partial charge in [0.2, 0.25) is 0 Å². The van der Waals surface area contributed by atoms with E-state index in [1.54, 1.807) is 0 Å². The second-order valence-electron chi connectivity index (χ2n) is 5.06. The van der Waals surface area contributed by atoms with Crippen LogP contribution in [-0.2, 0) is 0 Å². The summed E-state index contributed by atoms with van der Waals surface area (Å²) in [6.45, 7) is 0. The molecule has 0 heterocycles. The Balaban J connectivity index is 2.28. The molecule has 2 rings (SSSR count). The lowest BCUT2D eigenvalue weighted by Crippen LogP contribution is -2.32. The van der Waals surface area contributed by atoms with E-state index >= 15 is 0 Å². The number of aromatic hydroxyl groups is 1. The molecule has 0 radical (unpaired) electrons. The molecule has 1 fully saturated rings. The predicted octanol–water partition coefficient (Wildman–Crippen LogP) is 1.85. The Labute approximate surface area is 111 Å². The predicted molar refractivity (Wildman–Crippen MR) is 69.7 cm³/mol. The van der Waals surface area contributed by atoms with E-state index in [2.05, 4.69) is 0 Å². The quantitative estimate of drug-likeness (QED) is 0.569. The molecular formula is C13H18N2O4. The second-order valence-corrected chi connectivity index (χ2v) is 5.06. The third-order valence-corrected chi connectivity index (χ3v) is 3.82. The Bertz CT molecular complexity index is 472. The molecule has 1 aliphatic carbocycles. The molecule has 4 N–H and O–H groups in total. The maximum atomic E-state index is 11.0. The zero-order valence-corrected chi connectivity index (χ0v) is 10.5. The molecule has 1 aromatic carbocycles. The van der Waals surface area contributed by atoms with Crippen molar-refractivity contribution in [3.05, 3.63) is 33.9 Å². The Hall–Kier alpha value is -1.66. The van der Waals surface area contributed by atoms with Crippen LogP contribution in [0.4, 0.5) is 5.69 Å². The molecular weight excluding hydrogens is 248 g/mol. The van der Waals surface area contributed by atoms with Crippen LogP contribution in [0.15, 0.2) is 18.2 Å². The summed E-state index contributed by atoms with van der Waals surface area (Å²) in [6.07, 6.45) is 3.07. The number of nitrogens with zero attached hydrogens (tertiary/aromatic N) is 1. The van der Waals surface area contributed by atoms with Crippen LogP contribution in [0.3, 0.4) is 0 Å². The van der Waals surface area contributed by atoms with Crippen molar-refractivity contribution < 1.29 is 15.1 Å². The summed E-state index contributed by atoms with van der Waals surface area (Å²) in [5.41, 5.74) is 5.98. The van der Waals surface area contributed by atoms with Crippen LogP contribution in [0.2, 0.25) is 0 Å². The van der Waals surface area contributed by atoms with Crippen molar-refractivity contribution in [1.82, 2.24) is 0 Å². The molecule has 0 aromatic heterocycles. The zero-order chi connectivity index (χ0) is 14.0. The van der Waals surface area contributed by atoms with Crippen LogP contribution in [0.25, 0.3) is 0 Å². The molecule has 0 bridgehead atoms. The minimum Gasteiger partial charge on any atom is -0.508 e. The first kappa shape index (κ1) is 13.8. The molecule has 19 heavy (non-hydrogen) atoms. The van der Waals surface area contributed by atoms with Crippen molar-refractivity contribution in [2.75, 3.05) is 0 Å². The second kappa shape index (κ2) is 5.54. The third-order valence-electron chi connectivity index (χ3n) is 3.82. The number of nitro benzene ring substituents is 1. The molecule has 104 valence electrons. The standard InChI is InChI=1S/C13H18N2O4/c14-12(13(17)8-3-1-2-4-8)10-7-9(16)5-6-11(10)15(18)19/h5-8,12-13,16-17H,1-4,14H2/t12-,13+/m1/s1. The Morgan fingerprint density at radius 1 is 1.37 bits per heavy atom. The summed E-state index contributed by atoms with van der Waals surface area (Å²) >= 11 is 0. The highest BCUT2D eigenvalue weighted by Gasteiger charge is 2.32. The van der Waals surface area contributed by atoms with Gasteiger partial charge in [-0.1, -0.05) is 12.8 Å². The van der Waals surface area contributed by atoms with Gasteiger partial charge in [-0.25, -0.2) is 0 Å². The number of nitro groups is 1. The average Bonchev–Trinajstić information content (AvgIpc) is 2.90. The Kier molecular flexibility index (Phi) is 4.01. The van der Waals surface area contributed by atoms with Gasteiger partial charge in [-0.2, -0.15) is 0 Å². The molecule has 1 aromatic rings. The number of benzene rings is 1. The van der Waals surface area contributed by atoms with E-state index in [-0.39, 0.29) is 22.9 Å². The minimum atomic E-state index is -0.851. The lowest BCUT2D eigenvalue weighted by molar-refractivity contribution is -0.385. The van der Waals surface area contributed by atoms with E-state index in [9.17, 15) is 20.3 Å². The molecule has 0 spiro atoms. The van der Waals surface area contributed by atoms with Gasteiger partial charge in [0.25, 0.3) is 5.69 Å². The van der Waals surface area contributed by atoms with Crippen molar-refractivity contribution in [1.29, 1.82) is 0 Å². The van der Waals surface area contributed by atoms with E-state index < -0.39 is 17.1 Å². The molecule has 6 heteroatoms. The van der Waals surface area contributed by atoms with Crippen molar-refractivity contribution in [2.24, 2.45) is 11.7 Å². The van der Waals surface area contributed by atoms with Crippen molar-refractivity contribution in [3.63, 3.8) is 0 Å². The van der Waals surface area contributed by atoms with Gasteiger partial charge in [-0.3, -0.25) is 10.1 Å². The van der Waals surface area contributed by atoms with Crippen LogP contribution in [-0.4, -0.2) is 21.2 Å². The first-order chi connectivity index (χ1) is 9.00. The number of phenols is 1. The van der Waals surface area contributed by atoms with Crippen molar-refractivity contribution in [2.45, 2.75) is 37.8 Å². The third kappa shape index (κ3) is 2.85. The number of nitrogens with two attached hydrogens (primary N) is 1. The summed E-state index contributed by atoms with van der Waals surface area (Å²) in [5, 5.41) is 30.7. The number of hydrogen-bond donors (Lipinski definition) is 3. The molecule has 0 amide bonds. The maximum absolute atomic E-state index is 11.0. The van der Waals surface area contributed by atoms with Gasteiger partial charge >= 0.3 is 0 Å². The van der Waals surface area contributed by atoms with Gasteiger partial charge in [0.05, 0.1) is 22.6 Å². The molecule has 6 nitrogen and oxygen atoms in total. The number of phenolic OH excluding ortho intramolecular Hbond substituents is 1. The topological polar surface area (TPSA) is 110 Å². The molecule has 0 unspecified atom stereocenters. The zero-order valence-electron chi connectivity index (χ0n) is 10.5. The highest BCUT2D eigenvalue weighted by Crippen LogP contribution is 2.36.